The van der Waals surface area contributed by atoms with E-state index < -0.39 is 10.0 Å². The molecule has 1 aromatic rings. The van der Waals surface area contributed by atoms with Gasteiger partial charge >= 0.3 is 0 Å². The van der Waals surface area contributed by atoms with Gasteiger partial charge in [-0.25, -0.2) is 13.1 Å². The van der Waals surface area contributed by atoms with Crippen LogP contribution in [0.4, 0.5) is 0 Å². The summed E-state index contributed by atoms with van der Waals surface area (Å²) in [6.45, 7) is 3.86. The molecule has 0 aliphatic heterocycles. The molecule has 0 heterocycles. The third kappa shape index (κ3) is 3.75. The van der Waals surface area contributed by atoms with Gasteiger partial charge in [-0.2, -0.15) is 0 Å². The molecule has 0 saturated carbocycles. The highest BCUT2D eigenvalue weighted by Crippen LogP contribution is 2.28. The number of rotatable bonds is 4. The molecule has 7 heteroatoms. The van der Waals surface area contributed by atoms with Crippen molar-refractivity contribution in [2.75, 3.05) is 6.54 Å². The van der Waals surface area contributed by atoms with Gasteiger partial charge in [0.1, 0.15) is 0 Å². The first-order valence-corrected chi connectivity index (χ1v) is 8.03. The second-order valence-electron chi connectivity index (χ2n) is 3.79. The molecule has 0 spiro atoms. The summed E-state index contributed by atoms with van der Waals surface area (Å²) in [5.41, 5.74) is 6.36. The zero-order chi connectivity index (χ0) is 13.2. The molecule has 1 aromatic carbocycles. The molecule has 0 unspecified atom stereocenters. The Hall–Kier alpha value is 0.0500. The first-order chi connectivity index (χ1) is 7.77. The van der Waals surface area contributed by atoms with E-state index in [9.17, 15) is 8.42 Å². The van der Waals surface area contributed by atoms with Crippen molar-refractivity contribution in [2.45, 2.75) is 24.8 Å². The van der Waals surface area contributed by atoms with Gasteiger partial charge in [0.15, 0.2) is 0 Å². The monoisotopic (exact) mass is 384 g/mol. The van der Waals surface area contributed by atoms with Gasteiger partial charge in [-0.1, -0.05) is 15.9 Å². The van der Waals surface area contributed by atoms with Crippen LogP contribution < -0.4 is 10.5 Å². The predicted molar refractivity (Wildman–Crippen MR) is 75.4 cm³/mol. The minimum atomic E-state index is -3.55. The van der Waals surface area contributed by atoms with Crippen molar-refractivity contribution in [3.8, 4) is 0 Å². The van der Waals surface area contributed by atoms with Gasteiger partial charge < -0.3 is 5.73 Å². The normalized spacial score (nSPS) is 13.7. The number of nitrogens with one attached hydrogen (secondary N) is 1. The summed E-state index contributed by atoms with van der Waals surface area (Å²) in [6.07, 6.45) is 0. The Morgan fingerprint density at radius 2 is 1.94 bits per heavy atom. The van der Waals surface area contributed by atoms with E-state index in [-0.39, 0.29) is 17.5 Å². The Labute approximate surface area is 118 Å². The molecule has 1 rings (SSSR count). The lowest BCUT2D eigenvalue weighted by Gasteiger charge is -2.14. The summed E-state index contributed by atoms with van der Waals surface area (Å²) in [6, 6.07) is 3.03. The standard InChI is InChI=1S/C10H14Br2N2O2S/c1-6-3-9(12)10(4-8(6)11)17(15,16)14-7(2)5-13/h3-4,7,14H,5,13H2,1-2H3/t7-/m1/s1. The highest BCUT2D eigenvalue weighted by molar-refractivity contribution is 9.11. The Kier molecular flexibility index (Phi) is 5.15. The summed E-state index contributed by atoms with van der Waals surface area (Å²) >= 11 is 6.58. The van der Waals surface area contributed by atoms with Crippen molar-refractivity contribution < 1.29 is 8.42 Å². The van der Waals surface area contributed by atoms with Crippen LogP contribution in [0.25, 0.3) is 0 Å². The molecule has 17 heavy (non-hydrogen) atoms. The molecule has 0 saturated heterocycles. The maximum Gasteiger partial charge on any atom is 0.242 e. The largest absolute Gasteiger partial charge is 0.329 e. The molecule has 0 aromatic heterocycles. The average molecular weight is 386 g/mol. The molecule has 1 atom stereocenters. The maximum atomic E-state index is 12.1. The van der Waals surface area contributed by atoms with Gasteiger partial charge in [-0.3, -0.25) is 0 Å². The quantitative estimate of drug-likeness (QED) is 0.833. The maximum absolute atomic E-state index is 12.1. The molecule has 4 nitrogen and oxygen atoms in total. The van der Waals surface area contributed by atoms with Crippen molar-refractivity contribution in [1.29, 1.82) is 0 Å². The van der Waals surface area contributed by atoms with E-state index in [1.165, 1.54) is 0 Å². The molecule has 3 N–H and O–H groups in total. The second-order valence-corrected chi connectivity index (χ2v) is 7.18. The molecule has 0 bridgehead atoms. The SMILES string of the molecule is Cc1cc(Br)c(S(=O)(=O)N[C@H](C)CN)cc1Br. The van der Waals surface area contributed by atoms with Crippen LogP contribution in [0.1, 0.15) is 12.5 Å². The lowest BCUT2D eigenvalue weighted by Crippen LogP contribution is -2.37. The Balaban J connectivity index is 3.20. The van der Waals surface area contributed by atoms with Crippen LogP contribution in [0.2, 0.25) is 0 Å². The van der Waals surface area contributed by atoms with E-state index in [0.717, 1.165) is 10.0 Å². The Morgan fingerprint density at radius 3 is 2.47 bits per heavy atom. The van der Waals surface area contributed by atoms with Crippen LogP contribution in [0.3, 0.4) is 0 Å². The number of benzene rings is 1. The van der Waals surface area contributed by atoms with Crippen molar-refractivity contribution in [3.05, 3.63) is 26.6 Å². The Bertz CT molecular complexity index is 517. The highest BCUT2D eigenvalue weighted by atomic mass is 79.9. The van der Waals surface area contributed by atoms with Gasteiger partial charge in [0.05, 0.1) is 4.90 Å². The summed E-state index contributed by atoms with van der Waals surface area (Å²) in [5.74, 6) is 0. The summed E-state index contributed by atoms with van der Waals surface area (Å²) < 4.78 is 27.9. The van der Waals surface area contributed by atoms with Crippen LogP contribution in [0.15, 0.2) is 26.0 Å². The number of hydrogen-bond acceptors (Lipinski definition) is 3. The van der Waals surface area contributed by atoms with Crippen molar-refractivity contribution in [1.82, 2.24) is 4.72 Å². The fourth-order valence-corrected chi connectivity index (χ4v) is 4.14. The van der Waals surface area contributed by atoms with Crippen molar-refractivity contribution in [3.63, 3.8) is 0 Å². The molecular formula is C10H14Br2N2O2S. The van der Waals surface area contributed by atoms with Crippen molar-refractivity contribution in [2.24, 2.45) is 5.73 Å². The van der Waals surface area contributed by atoms with E-state index in [1.807, 2.05) is 6.92 Å². The topological polar surface area (TPSA) is 72.2 Å². The van der Waals surface area contributed by atoms with E-state index in [0.29, 0.717) is 4.47 Å². The van der Waals surface area contributed by atoms with Gasteiger partial charge in [0, 0.05) is 21.5 Å². The molecule has 0 aliphatic rings. The van der Waals surface area contributed by atoms with E-state index >= 15 is 0 Å². The fourth-order valence-electron chi connectivity index (χ4n) is 1.21. The van der Waals surface area contributed by atoms with Gasteiger partial charge in [-0.15, -0.1) is 0 Å². The lowest BCUT2D eigenvalue weighted by atomic mass is 10.2. The second kappa shape index (κ2) is 5.79. The first kappa shape index (κ1) is 15.1. The smallest absolute Gasteiger partial charge is 0.242 e. The van der Waals surface area contributed by atoms with Crippen LogP contribution >= 0.6 is 31.9 Å². The lowest BCUT2D eigenvalue weighted by molar-refractivity contribution is 0.562. The van der Waals surface area contributed by atoms with E-state index in [1.54, 1.807) is 19.1 Å². The van der Waals surface area contributed by atoms with Crippen LogP contribution in [0.5, 0.6) is 0 Å². The number of hydrogen-bond donors (Lipinski definition) is 2. The summed E-state index contributed by atoms with van der Waals surface area (Å²) in [7, 11) is -3.55. The van der Waals surface area contributed by atoms with Crippen LogP contribution in [-0.2, 0) is 10.0 Å². The molecule has 0 radical (unpaired) electrons. The summed E-state index contributed by atoms with van der Waals surface area (Å²) in [5, 5.41) is 0. The van der Waals surface area contributed by atoms with Gasteiger partial charge in [-0.05, 0) is 47.5 Å². The number of halogens is 2. The molecule has 0 fully saturated rings. The van der Waals surface area contributed by atoms with E-state index in [2.05, 4.69) is 36.6 Å². The number of aryl methyl sites for hydroxylation is 1. The summed E-state index contributed by atoms with van der Waals surface area (Å²) in [4.78, 5) is 0.204. The third-order valence-electron chi connectivity index (χ3n) is 2.21. The zero-order valence-electron chi connectivity index (χ0n) is 9.50. The molecular weight excluding hydrogens is 372 g/mol. The van der Waals surface area contributed by atoms with Crippen LogP contribution in [-0.4, -0.2) is 21.0 Å². The number of nitrogens with two attached hydrogens (primary N) is 1. The predicted octanol–water partition coefficient (Wildman–Crippen LogP) is 2.15. The van der Waals surface area contributed by atoms with Crippen molar-refractivity contribution >= 4 is 41.9 Å². The highest BCUT2D eigenvalue weighted by Gasteiger charge is 2.20. The number of sulfonamides is 1. The molecule has 96 valence electrons. The molecule has 0 aliphatic carbocycles. The Morgan fingerprint density at radius 1 is 1.35 bits per heavy atom. The van der Waals surface area contributed by atoms with E-state index in [4.69, 9.17) is 5.73 Å². The molecule has 0 amide bonds. The minimum absolute atomic E-state index is 0.204. The van der Waals surface area contributed by atoms with Gasteiger partial charge in [0.25, 0.3) is 0 Å². The minimum Gasteiger partial charge on any atom is -0.329 e. The zero-order valence-corrected chi connectivity index (χ0v) is 13.5. The van der Waals surface area contributed by atoms with Crippen LogP contribution in [0, 0.1) is 6.92 Å². The third-order valence-corrected chi connectivity index (χ3v) is 5.61. The first-order valence-electron chi connectivity index (χ1n) is 4.96. The van der Waals surface area contributed by atoms with Gasteiger partial charge in [0.2, 0.25) is 10.0 Å². The fraction of sp³-hybridized carbons (Fsp3) is 0.400. The average Bonchev–Trinajstić information content (AvgIpc) is 2.22.